The van der Waals surface area contributed by atoms with Crippen molar-refractivity contribution in [1.29, 1.82) is 0 Å². The molecule has 0 amide bonds. The number of hydrogen-bond donors (Lipinski definition) is 1. The number of carboxylic acid groups (broad SMARTS) is 1. The first-order valence-electron chi connectivity index (χ1n) is 4.04. The fourth-order valence-electron chi connectivity index (χ4n) is 0.809. The Kier molecular flexibility index (Phi) is 4.19. The Labute approximate surface area is 90.7 Å². The summed E-state index contributed by atoms with van der Waals surface area (Å²) in [5, 5.41) is 8.17. The van der Waals surface area contributed by atoms with E-state index in [1.807, 2.05) is 0 Å². The maximum absolute atomic E-state index is 12.8. The quantitative estimate of drug-likeness (QED) is 0.627. The van der Waals surface area contributed by atoms with Gasteiger partial charge in [0.1, 0.15) is 6.42 Å². The minimum Gasteiger partial charge on any atom is -0.478 e. The van der Waals surface area contributed by atoms with Gasteiger partial charge in [-0.15, -0.1) is 0 Å². The van der Waals surface area contributed by atoms with Crippen molar-refractivity contribution < 1.29 is 40.6 Å². The molecule has 0 bridgehead atoms. The van der Waals surface area contributed by atoms with Crippen LogP contribution >= 0.6 is 0 Å². The van der Waals surface area contributed by atoms with E-state index in [1.165, 1.54) is 0 Å². The van der Waals surface area contributed by atoms with Gasteiger partial charge in [-0.25, -0.2) is 4.79 Å². The van der Waals surface area contributed by atoms with Crippen LogP contribution < -0.4 is 0 Å². The lowest BCUT2D eigenvalue weighted by Crippen LogP contribution is -2.42. The molecule has 0 aliphatic carbocycles. The van der Waals surface area contributed by atoms with E-state index in [-0.39, 0.29) is 0 Å². The van der Waals surface area contributed by atoms with Crippen LogP contribution in [0.3, 0.4) is 0 Å². The number of halogens is 7. The fourth-order valence-corrected chi connectivity index (χ4v) is 0.809. The predicted octanol–water partition coefficient (Wildman–Crippen LogP) is 3.24. The van der Waals surface area contributed by atoms with E-state index < -0.39 is 42.1 Å². The molecule has 0 aromatic heterocycles. The minimum atomic E-state index is -5.49. The van der Waals surface area contributed by atoms with Gasteiger partial charge in [-0.1, -0.05) is 0 Å². The molecule has 0 fully saturated rings. The molecule has 0 aliphatic rings. The number of aliphatic carboxylic acids is 1. The molecule has 0 saturated carbocycles. The number of allylic oxidation sites excluding steroid dienone is 1. The lowest BCUT2D eigenvalue weighted by molar-refractivity contribution is -0.247. The van der Waals surface area contributed by atoms with Gasteiger partial charge in [0.15, 0.2) is 0 Å². The van der Waals surface area contributed by atoms with Gasteiger partial charge in [-0.05, 0) is 6.92 Å². The summed E-state index contributed by atoms with van der Waals surface area (Å²) in [4.78, 5) is 10.1. The molecule has 0 saturated heterocycles. The van der Waals surface area contributed by atoms with Gasteiger partial charge < -0.3 is 5.11 Å². The molecule has 0 aromatic rings. The molecule has 9 heteroatoms. The van der Waals surface area contributed by atoms with Crippen LogP contribution in [0.15, 0.2) is 11.6 Å². The molecule has 0 radical (unpaired) electrons. The molecule has 100 valence electrons. The van der Waals surface area contributed by atoms with Crippen LogP contribution in [0.4, 0.5) is 30.7 Å². The Morgan fingerprint density at radius 3 is 1.82 bits per heavy atom. The molecular formula is C8H7F7O2. The van der Waals surface area contributed by atoms with Crippen LogP contribution in [0, 0.1) is 0 Å². The van der Waals surface area contributed by atoms with Crippen molar-refractivity contribution in [3.8, 4) is 0 Å². The van der Waals surface area contributed by atoms with Crippen molar-refractivity contribution in [1.82, 2.24) is 0 Å². The van der Waals surface area contributed by atoms with Crippen molar-refractivity contribution >= 4 is 5.97 Å². The predicted molar refractivity (Wildman–Crippen MR) is 42.0 cm³/mol. The summed E-state index contributed by atoms with van der Waals surface area (Å²) in [6.07, 6.45) is -9.21. The molecule has 0 rings (SSSR count). The van der Waals surface area contributed by atoms with Crippen molar-refractivity contribution in [2.75, 3.05) is 0 Å². The maximum Gasteiger partial charge on any atom is 0.395 e. The summed E-state index contributed by atoms with van der Waals surface area (Å²) in [6.45, 7) is 0.569. The molecule has 0 aliphatic heterocycles. The standard InChI is InChI=1S/C8H7F7O2/c1-4(5(16)17)2-6(9,10)7(11,12)3-8(13,14)15/h2H,3H2,1H3,(H,16,17). The molecule has 0 atom stereocenters. The summed E-state index contributed by atoms with van der Waals surface area (Å²) in [7, 11) is 0. The van der Waals surface area contributed by atoms with E-state index in [4.69, 9.17) is 5.11 Å². The summed E-state index contributed by atoms with van der Waals surface area (Å²) in [6, 6.07) is 0. The number of carbonyl (C=O) groups is 1. The third-order valence-corrected chi connectivity index (χ3v) is 1.65. The van der Waals surface area contributed by atoms with Crippen LogP contribution in [-0.2, 0) is 4.79 Å². The minimum absolute atomic E-state index is 0.569. The van der Waals surface area contributed by atoms with Crippen molar-refractivity contribution in [3.63, 3.8) is 0 Å². The molecule has 0 spiro atoms. The lowest BCUT2D eigenvalue weighted by atomic mass is 10.1. The van der Waals surface area contributed by atoms with E-state index in [1.54, 1.807) is 0 Å². The first kappa shape index (κ1) is 15.7. The molecule has 0 aromatic carbocycles. The largest absolute Gasteiger partial charge is 0.478 e. The van der Waals surface area contributed by atoms with Crippen LogP contribution in [0.1, 0.15) is 13.3 Å². The van der Waals surface area contributed by atoms with Gasteiger partial charge in [0.25, 0.3) is 0 Å². The molecule has 17 heavy (non-hydrogen) atoms. The normalized spacial score (nSPS) is 14.9. The van der Waals surface area contributed by atoms with E-state index in [0.717, 1.165) is 0 Å². The zero-order valence-electron chi connectivity index (χ0n) is 8.29. The van der Waals surface area contributed by atoms with Crippen molar-refractivity contribution in [2.24, 2.45) is 0 Å². The second-order valence-corrected chi connectivity index (χ2v) is 3.25. The van der Waals surface area contributed by atoms with E-state index in [9.17, 15) is 35.5 Å². The Balaban J connectivity index is 5.17. The lowest BCUT2D eigenvalue weighted by Gasteiger charge is -2.25. The average molecular weight is 268 g/mol. The van der Waals surface area contributed by atoms with E-state index in [2.05, 4.69) is 0 Å². The highest BCUT2D eigenvalue weighted by atomic mass is 19.4. The average Bonchev–Trinajstić information content (AvgIpc) is 1.97. The third kappa shape index (κ3) is 4.61. The number of alkyl halides is 7. The van der Waals surface area contributed by atoms with Gasteiger partial charge in [0, 0.05) is 11.6 Å². The highest BCUT2D eigenvalue weighted by molar-refractivity contribution is 5.86. The van der Waals surface area contributed by atoms with E-state index >= 15 is 0 Å². The zero-order chi connectivity index (χ0) is 14.1. The van der Waals surface area contributed by atoms with Crippen molar-refractivity contribution in [2.45, 2.75) is 31.4 Å². The number of carboxylic acids is 1. The third-order valence-electron chi connectivity index (χ3n) is 1.65. The smallest absolute Gasteiger partial charge is 0.395 e. The van der Waals surface area contributed by atoms with Gasteiger partial charge >= 0.3 is 24.0 Å². The SMILES string of the molecule is CC(=CC(F)(F)C(F)(F)CC(F)(F)F)C(=O)O. The maximum atomic E-state index is 12.8. The first-order valence-corrected chi connectivity index (χ1v) is 4.04. The van der Waals surface area contributed by atoms with Crippen LogP contribution in [0.5, 0.6) is 0 Å². The molecule has 2 nitrogen and oxygen atoms in total. The summed E-state index contributed by atoms with van der Waals surface area (Å²) in [5.74, 6) is -12.5. The summed E-state index contributed by atoms with van der Waals surface area (Å²) >= 11 is 0. The highest BCUT2D eigenvalue weighted by Gasteiger charge is 2.59. The Morgan fingerprint density at radius 1 is 1.12 bits per heavy atom. The van der Waals surface area contributed by atoms with Crippen LogP contribution in [0.2, 0.25) is 0 Å². The van der Waals surface area contributed by atoms with E-state index in [0.29, 0.717) is 6.92 Å². The first-order chi connectivity index (χ1) is 7.28. The Hall–Kier alpha value is -1.28. The molecule has 0 unspecified atom stereocenters. The number of hydrogen-bond acceptors (Lipinski definition) is 1. The van der Waals surface area contributed by atoms with Gasteiger partial charge in [0.05, 0.1) is 0 Å². The number of rotatable bonds is 4. The monoisotopic (exact) mass is 268 g/mol. The molecule has 0 heterocycles. The van der Waals surface area contributed by atoms with Crippen LogP contribution in [0.25, 0.3) is 0 Å². The summed E-state index contributed by atoms with van der Waals surface area (Å²) in [5.41, 5.74) is -1.17. The van der Waals surface area contributed by atoms with Crippen LogP contribution in [-0.4, -0.2) is 29.1 Å². The fraction of sp³-hybridized carbons (Fsp3) is 0.625. The second kappa shape index (κ2) is 4.53. The molecule has 1 N–H and O–H groups in total. The second-order valence-electron chi connectivity index (χ2n) is 3.25. The highest BCUT2D eigenvalue weighted by Crippen LogP contribution is 2.43. The summed E-state index contributed by atoms with van der Waals surface area (Å²) < 4.78 is 85.6. The molecular weight excluding hydrogens is 261 g/mol. The van der Waals surface area contributed by atoms with Gasteiger partial charge in [-0.2, -0.15) is 30.7 Å². The zero-order valence-corrected chi connectivity index (χ0v) is 8.29. The van der Waals surface area contributed by atoms with Crippen molar-refractivity contribution in [3.05, 3.63) is 11.6 Å². The topological polar surface area (TPSA) is 37.3 Å². The van der Waals surface area contributed by atoms with Gasteiger partial charge in [0.2, 0.25) is 0 Å². The Morgan fingerprint density at radius 2 is 1.53 bits per heavy atom. The Bertz CT molecular complexity index is 329. The van der Waals surface area contributed by atoms with Gasteiger partial charge in [-0.3, -0.25) is 0 Å².